The molecule has 1 aromatic carbocycles. The lowest BCUT2D eigenvalue weighted by Crippen LogP contribution is -2.61. The third-order valence-corrected chi connectivity index (χ3v) is 3.96. The van der Waals surface area contributed by atoms with Crippen molar-refractivity contribution >= 4 is 23.9 Å². The first-order valence-electron chi connectivity index (χ1n) is 8.17. The molecule has 3 rings (SSSR count). The number of nitrogens with zero attached hydrogens (tertiary/aromatic N) is 1. The van der Waals surface area contributed by atoms with Crippen LogP contribution < -0.4 is 14.8 Å². The fourth-order valence-corrected chi connectivity index (χ4v) is 2.44. The van der Waals surface area contributed by atoms with Gasteiger partial charge in [-0.05, 0) is 24.6 Å². The minimum atomic E-state index is -5.08. The van der Waals surface area contributed by atoms with E-state index in [1.54, 1.807) is 6.92 Å². The Balaban J connectivity index is 0.000000423. The van der Waals surface area contributed by atoms with Crippen molar-refractivity contribution in [1.29, 1.82) is 0 Å². The van der Waals surface area contributed by atoms with Gasteiger partial charge in [-0.2, -0.15) is 13.2 Å². The van der Waals surface area contributed by atoms with Crippen LogP contribution in [-0.4, -0.2) is 57.5 Å². The number of halogens is 5. The highest BCUT2D eigenvalue weighted by Crippen LogP contribution is 2.42. The minimum Gasteiger partial charge on any atom is -0.480 e. The van der Waals surface area contributed by atoms with Crippen LogP contribution in [0.2, 0.25) is 0 Å². The highest BCUT2D eigenvalue weighted by atomic mass is 19.4. The fraction of sp³-hybridized carbons (Fsp3) is 0.375. The van der Waals surface area contributed by atoms with Gasteiger partial charge in [-0.15, -0.1) is 8.78 Å². The minimum absolute atomic E-state index is 0.133. The summed E-state index contributed by atoms with van der Waals surface area (Å²) in [6.45, 7) is 1.55. The largest absolute Gasteiger partial charge is 0.586 e. The number of aliphatic carboxylic acids is 2. The first-order valence-corrected chi connectivity index (χ1v) is 8.17. The summed E-state index contributed by atoms with van der Waals surface area (Å²) in [5.74, 6) is -4.94. The van der Waals surface area contributed by atoms with Gasteiger partial charge in [-0.25, -0.2) is 19.3 Å². The lowest BCUT2D eigenvalue weighted by atomic mass is 10.0. The van der Waals surface area contributed by atoms with Crippen molar-refractivity contribution in [3.63, 3.8) is 0 Å². The molecule has 1 fully saturated rings. The number of likely N-dealkylation sites (tertiary alicyclic amines) is 1. The molecule has 3 N–H and O–H groups in total. The van der Waals surface area contributed by atoms with Crippen LogP contribution in [0.3, 0.4) is 0 Å². The molecule has 2 aliphatic rings. The van der Waals surface area contributed by atoms with E-state index in [4.69, 9.17) is 15.0 Å². The fourth-order valence-electron chi connectivity index (χ4n) is 2.44. The number of carbonyl (C=O) groups excluding carboxylic acids is 2. The molecule has 0 spiro atoms. The Morgan fingerprint density at radius 3 is 2.23 bits per heavy atom. The molecule has 0 aliphatic carbocycles. The van der Waals surface area contributed by atoms with E-state index in [1.807, 2.05) is 0 Å². The Labute approximate surface area is 169 Å². The number of hydrogen-bond acceptors (Lipinski definition) is 6. The summed E-state index contributed by atoms with van der Waals surface area (Å²) < 4.78 is 66.3. The van der Waals surface area contributed by atoms with Crippen molar-refractivity contribution in [1.82, 2.24) is 10.2 Å². The molecular weight excluding hydrogens is 443 g/mol. The number of β-lactam (4-membered cyclic amide) rings is 1. The first kappa shape index (κ1) is 23.6. The number of fused-ring (bicyclic) bond motifs is 1. The standard InChI is InChI=1S/C14H12F2N2O6.C2HF3O2/c1-6(17-13(22)18-8(12(20)21)5-11(18)19)7-2-3-9-10(4-7)24-14(15,16)23-9;3-2(4,5)1(6)7/h2-4,6,8H,5H2,1H3,(H,17,22)(H,20,21);(H,6,7)/t6-,8?;/m1./s1. The molecule has 170 valence electrons. The average Bonchev–Trinajstić information content (AvgIpc) is 2.91. The summed E-state index contributed by atoms with van der Waals surface area (Å²) in [4.78, 5) is 43.9. The first-order chi connectivity index (χ1) is 14.1. The van der Waals surface area contributed by atoms with Gasteiger partial charge in [0.1, 0.15) is 6.04 Å². The number of ether oxygens (including phenoxy) is 2. The Kier molecular flexibility index (Phi) is 6.28. The summed E-state index contributed by atoms with van der Waals surface area (Å²) in [6.07, 6.45) is -9.07. The van der Waals surface area contributed by atoms with Gasteiger partial charge in [-0.1, -0.05) is 6.07 Å². The van der Waals surface area contributed by atoms with Crippen molar-refractivity contribution in [3.8, 4) is 11.5 Å². The quantitative estimate of drug-likeness (QED) is 0.464. The smallest absolute Gasteiger partial charge is 0.480 e. The number of urea groups is 1. The van der Waals surface area contributed by atoms with E-state index in [0.717, 1.165) is 0 Å². The lowest BCUT2D eigenvalue weighted by molar-refractivity contribution is -0.286. The van der Waals surface area contributed by atoms with Crippen LogP contribution in [0.15, 0.2) is 18.2 Å². The molecule has 0 saturated carbocycles. The predicted molar refractivity (Wildman–Crippen MR) is 86.2 cm³/mol. The molecule has 1 aromatic rings. The van der Waals surface area contributed by atoms with Crippen LogP contribution in [0.1, 0.15) is 24.9 Å². The molecule has 10 nitrogen and oxygen atoms in total. The van der Waals surface area contributed by atoms with Gasteiger partial charge < -0.3 is 25.0 Å². The number of rotatable bonds is 3. The third kappa shape index (κ3) is 5.49. The maximum atomic E-state index is 13.0. The van der Waals surface area contributed by atoms with E-state index in [0.29, 0.717) is 10.5 Å². The summed E-state index contributed by atoms with van der Waals surface area (Å²) in [7, 11) is 0. The summed E-state index contributed by atoms with van der Waals surface area (Å²) in [6, 6.07) is 1.25. The zero-order valence-electron chi connectivity index (χ0n) is 15.3. The number of alkyl halides is 5. The Morgan fingerprint density at radius 2 is 1.74 bits per heavy atom. The monoisotopic (exact) mass is 456 g/mol. The second-order valence-electron chi connectivity index (χ2n) is 6.17. The summed E-state index contributed by atoms with van der Waals surface area (Å²) in [5.41, 5.74) is 0.420. The maximum Gasteiger partial charge on any atom is 0.586 e. The number of carboxylic acid groups (broad SMARTS) is 2. The molecule has 0 aromatic heterocycles. The van der Waals surface area contributed by atoms with E-state index < -0.39 is 48.4 Å². The highest BCUT2D eigenvalue weighted by Gasteiger charge is 2.46. The van der Waals surface area contributed by atoms with Crippen molar-refractivity contribution in [3.05, 3.63) is 23.8 Å². The van der Waals surface area contributed by atoms with E-state index >= 15 is 0 Å². The number of amides is 3. The molecular formula is C16H13F5N2O8. The zero-order chi connectivity index (χ0) is 23.7. The van der Waals surface area contributed by atoms with Gasteiger partial charge in [0, 0.05) is 0 Å². The molecule has 31 heavy (non-hydrogen) atoms. The highest BCUT2D eigenvalue weighted by molar-refractivity contribution is 6.05. The van der Waals surface area contributed by atoms with Crippen molar-refractivity contribution in [2.75, 3.05) is 0 Å². The summed E-state index contributed by atoms with van der Waals surface area (Å²) in [5, 5.41) is 18.5. The number of imide groups is 1. The molecule has 3 amide bonds. The molecule has 0 radical (unpaired) electrons. The molecule has 2 heterocycles. The SMILES string of the molecule is C[C@@H](NC(=O)N1C(=O)CC1C(=O)O)c1ccc2c(c1)OC(F)(F)O2.O=C(O)C(F)(F)F. The van der Waals surface area contributed by atoms with Crippen molar-refractivity contribution in [2.45, 2.75) is 37.9 Å². The van der Waals surface area contributed by atoms with Crippen LogP contribution in [0, 0.1) is 0 Å². The second kappa shape index (κ2) is 8.23. The molecule has 2 atom stereocenters. The lowest BCUT2D eigenvalue weighted by Gasteiger charge is -2.36. The molecule has 2 aliphatic heterocycles. The van der Waals surface area contributed by atoms with Gasteiger partial charge >= 0.3 is 30.4 Å². The van der Waals surface area contributed by atoms with E-state index in [2.05, 4.69) is 14.8 Å². The number of nitrogens with one attached hydrogen (secondary N) is 1. The van der Waals surface area contributed by atoms with E-state index in [-0.39, 0.29) is 17.9 Å². The molecule has 1 saturated heterocycles. The Morgan fingerprint density at radius 1 is 1.19 bits per heavy atom. The summed E-state index contributed by atoms with van der Waals surface area (Å²) >= 11 is 0. The second-order valence-corrected chi connectivity index (χ2v) is 6.17. The number of hydrogen-bond donors (Lipinski definition) is 3. The molecule has 0 bridgehead atoms. The Bertz CT molecular complexity index is 920. The van der Waals surface area contributed by atoms with Gasteiger partial charge in [0.25, 0.3) is 0 Å². The van der Waals surface area contributed by atoms with Gasteiger partial charge in [0.05, 0.1) is 12.5 Å². The Hall–Kier alpha value is -3.65. The average molecular weight is 456 g/mol. The van der Waals surface area contributed by atoms with Gasteiger partial charge in [0.2, 0.25) is 5.91 Å². The van der Waals surface area contributed by atoms with Crippen LogP contribution in [-0.2, 0) is 14.4 Å². The van der Waals surface area contributed by atoms with Gasteiger partial charge in [-0.3, -0.25) is 4.79 Å². The normalized spacial score (nSPS) is 19.5. The van der Waals surface area contributed by atoms with E-state index in [1.165, 1.54) is 18.2 Å². The maximum absolute atomic E-state index is 13.0. The molecule has 1 unspecified atom stereocenters. The number of benzene rings is 1. The third-order valence-electron chi connectivity index (χ3n) is 3.96. The van der Waals surface area contributed by atoms with Crippen LogP contribution in [0.25, 0.3) is 0 Å². The number of carbonyl (C=O) groups is 4. The van der Waals surface area contributed by atoms with Crippen LogP contribution in [0.5, 0.6) is 11.5 Å². The van der Waals surface area contributed by atoms with Gasteiger partial charge in [0.15, 0.2) is 11.5 Å². The topological polar surface area (TPSA) is 142 Å². The van der Waals surface area contributed by atoms with E-state index in [9.17, 15) is 36.3 Å². The van der Waals surface area contributed by atoms with Crippen molar-refractivity contribution in [2.24, 2.45) is 0 Å². The van der Waals surface area contributed by atoms with Crippen molar-refractivity contribution < 1.29 is 60.8 Å². The van der Waals surface area contributed by atoms with Crippen LogP contribution in [0.4, 0.5) is 26.7 Å². The molecule has 15 heteroatoms. The number of carboxylic acids is 2. The predicted octanol–water partition coefficient (Wildman–Crippen LogP) is 2.10. The zero-order valence-corrected chi connectivity index (χ0v) is 15.3. The van der Waals surface area contributed by atoms with Crippen LogP contribution >= 0.6 is 0 Å².